The van der Waals surface area contributed by atoms with Crippen molar-refractivity contribution in [2.45, 2.75) is 171 Å². The van der Waals surface area contributed by atoms with Crippen LogP contribution in [-0.2, 0) is 9.53 Å². The number of nitrogens with two attached hydrogens (primary N) is 1. The molecule has 0 radical (unpaired) electrons. The standard InChI is InChI=1S/C13H21N3.C11H24N2O.C11H24N2.C10H20N2O.C10H22N2/c1-13(2,3)16-10-8-15(9-11-16)12-6-4-5-7-14-12;1-11(2,3)13-7-5-12(6-8-13)9-10-14-4;1-10(2)12-6-8-13(9-7-12)11(3,4)5;1-10(2,3)12-6-4-5-8(7-12)9(11)13;1-5-11-6-8-12(9-7-11)10(2,3)4/h4-7H,8-11H2,1-3H3;5-10H2,1-4H3;10H,6-9H2,1-5H3;8H,4-7H2,1-3H3,(H2,11,13);5-9H2,1-4H3. The van der Waals surface area contributed by atoms with E-state index in [0.717, 1.165) is 71.1 Å². The fourth-order valence-corrected chi connectivity index (χ4v) is 9.47. The zero-order valence-electron chi connectivity index (χ0n) is 48.1. The first-order chi connectivity index (χ1) is 31.5. The fourth-order valence-electron chi connectivity index (χ4n) is 9.47. The molecule has 13 heteroatoms. The normalized spacial score (nSPS) is 22.2. The highest BCUT2D eigenvalue weighted by Gasteiger charge is 2.31. The molecule has 0 saturated carbocycles. The van der Waals surface area contributed by atoms with Crippen molar-refractivity contribution in [1.82, 2.24) is 44.2 Å². The van der Waals surface area contributed by atoms with E-state index in [1.165, 1.54) is 85.1 Å². The van der Waals surface area contributed by atoms with Gasteiger partial charge in [0, 0.05) is 165 Å². The summed E-state index contributed by atoms with van der Waals surface area (Å²) in [6.07, 6.45) is 3.91. The molecule has 1 amide bonds. The number of carbonyl (C=O) groups excluding carboxylic acids is 1. The van der Waals surface area contributed by atoms with Crippen molar-refractivity contribution >= 4 is 11.7 Å². The van der Waals surface area contributed by atoms with Crippen molar-refractivity contribution in [3.63, 3.8) is 0 Å². The topological polar surface area (TPSA) is 94.4 Å². The van der Waals surface area contributed by atoms with Crippen LogP contribution in [0.1, 0.15) is 137 Å². The van der Waals surface area contributed by atoms with E-state index in [1.807, 2.05) is 12.3 Å². The molecule has 1 aromatic heterocycles. The minimum absolute atomic E-state index is 0.0629. The molecular formula is C55H111N11O2. The van der Waals surface area contributed by atoms with Crippen molar-refractivity contribution in [3.05, 3.63) is 24.4 Å². The van der Waals surface area contributed by atoms with E-state index in [1.54, 1.807) is 7.11 Å². The van der Waals surface area contributed by atoms with Crippen LogP contribution in [0.5, 0.6) is 0 Å². The molecule has 13 nitrogen and oxygen atoms in total. The average molecular weight is 959 g/mol. The van der Waals surface area contributed by atoms with Crippen LogP contribution in [0.3, 0.4) is 0 Å². The molecule has 5 saturated heterocycles. The Bertz CT molecular complexity index is 1460. The third kappa shape index (κ3) is 23.5. The van der Waals surface area contributed by atoms with Crippen LogP contribution in [-0.4, -0.2) is 228 Å². The van der Waals surface area contributed by atoms with Crippen LogP contribution >= 0.6 is 0 Å². The number of aromatic nitrogens is 1. The highest BCUT2D eigenvalue weighted by Crippen LogP contribution is 2.24. The summed E-state index contributed by atoms with van der Waals surface area (Å²) in [5.74, 6) is 1.03. The zero-order valence-corrected chi connectivity index (χ0v) is 48.1. The molecule has 6 rings (SSSR count). The van der Waals surface area contributed by atoms with Crippen molar-refractivity contribution in [3.8, 4) is 0 Å². The molecule has 6 heterocycles. The number of pyridine rings is 1. The van der Waals surface area contributed by atoms with Crippen molar-refractivity contribution in [2.24, 2.45) is 11.7 Å². The lowest BCUT2D eigenvalue weighted by Gasteiger charge is -2.43. The molecular weight excluding hydrogens is 847 g/mol. The van der Waals surface area contributed by atoms with E-state index in [4.69, 9.17) is 10.5 Å². The molecule has 1 aromatic rings. The van der Waals surface area contributed by atoms with Gasteiger partial charge in [0.1, 0.15) is 5.82 Å². The number of hydrogen-bond acceptors (Lipinski definition) is 12. The second-order valence-corrected chi connectivity index (χ2v) is 25.1. The summed E-state index contributed by atoms with van der Waals surface area (Å²) in [4.78, 5) is 37.9. The zero-order chi connectivity index (χ0) is 51.5. The van der Waals surface area contributed by atoms with Gasteiger partial charge in [0.05, 0.1) is 12.5 Å². The van der Waals surface area contributed by atoms with Crippen molar-refractivity contribution in [2.75, 3.05) is 150 Å². The van der Waals surface area contributed by atoms with Crippen LogP contribution in [0.25, 0.3) is 0 Å². The Morgan fingerprint density at radius 2 is 1.01 bits per heavy atom. The maximum atomic E-state index is 11.0. The van der Waals surface area contributed by atoms with Gasteiger partial charge in [-0.25, -0.2) is 4.98 Å². The summed E-state index contributed by atoms with van der Waals surface area (Å²) in [5.41, 5.74) is 6.79. The smallest absolute Gasteiger partial charge is 0.221 e. The maximum absolute atomic E-state index is 11.0. The fraction of sp³-hybridized carbons (Fsp3) is 0.891. The van der Waals surface area contributed by atoms with Gasteiger partial charge in [-0.1, -0.05) is 13.0 Å². The Morgan fingerprint density at radius 3 is 1.37 bits per heavy atom. The SMILES string of the molecule is CC(C)(C)N1CCCC(C(N)=O)C1.CC(C)(C)N1CCN(c2ccccn2)CC1.CC(C)N1CCN(C(C)(C)C)CC1.CCN1CCN(C(C)(C)C)CC1.COCCN1CCN(C(C)(C)C)CC1. The molecule has 68 heavy (non-hydrogen) atoms. The molecule has 2 N–H and O–H groups in total. The third-order valence-electron chi connectivity index (χ3n) is 14.7. The number of amides is 1. The Labute approximate surface area is 420 Å². The first-order valence-corrected chi connectivity index (χ1v) is 26.9. The number of rotatable bonds is 7. The van der Waals surface area contributed by atoms with Gasteiger partial charge >= 0.3 is 0 Å². The first-order valence-electron chi connectivity index (χ1n) is 26.9. The van der Waals surface area contributed by atoms with E-state index >= 15 is 0 Å². The molecule has 0 bridgehead atoms. The molecule has 5 aliphatic rings. The van der Waals surface area contributed by atoms with Gasteiger partial charge in [0.15, 0.2) is 0 Å². The number of piperidine rings is 1. The Balaban J connectivity index is 0.000000293. The predicted molar refractivity (Wildman–Crippen MR) is 292 cm³/mol. The number of carbonyl (C=O) groups is 1. The monoisotopic (exact) mass is 958 g/mol. The summed E-state index contributed by atoms with van der Waals surface area (Å²) in [7, 11) is 1.77. The molecule has 1 unspecified atom stereocenters. The quantitative estimate of drug-likeness (QED) is 0.298. The number of primary amides is 1. The van der Waals surface area contributed by atoms with E-state index in [2.05, 4.69) is 186 Å². The van der Waals surface area contributed by atoms with Gasteiger partial charge in [-0.05, 0) is 156 Å². The van der Waals surface area contributed by atoms with Crippen molar-refractivity contribution < 1.29 is 9.53 Å². The summed E-state index contributed by atoms with van der Waals surface area (Å²) in [6.45, 7) is 64.9. The summed E-state index contributed by atoms with van der Waals surface area (Å²) in [6, 6.07) is 6.82. The van der Waals surface area contributed by atoms with Crippen LogP contribution < -0.4 is 10.6 Å². The number of piperazine rings is 4. The van der Waals surface area contributed by atoms with Crippen LogP contribution in [0, 0.1) is 5.92 Å². The average Bonchev–Trinajstić information content (AvgIpc) is 3.28. The number of nitrogens with zero attached hydrogens (tertiary/aromatic N) is 10. The van der Waals surface area contributed by atoms with Crippen molar-refractivity contribution in [1.29, 1.82) is 0 Å². The summed E-state index contributed by atoms with van der Waals surface area (Å²) in [5, 5.41) is 0. The van der Waals surface area contributed by atoms with Gasteiger partial charge < -0.3 is 20.3 Å². The molecule has 0 aromatic carbocycles. The van der Waals surface area contributed by atoms with Crippen LogP contribution in [0.2, 0.25) is 0 Å². The van der Waals surface area contributed by atoms with Gasteiger partial charge in [0.2, 0.25) is 5.91 Å². The molecule has 398 valence electrons. The second-order valence-electron chi connectivity index (χ2n) is 25.1. The minimum Gasteiger partial charge on any atom is -0.383 e. The molecule has 1 atom stereocenters. The van der Waals surface area contributed by atoms with E-state index < -0.39 is 0 Å². The molecule has 0 spiro atoms. The van der Waals surface area contributed by atoms with E-state index in [9.17, 15) is 4.79 Å². The summed E-state index contributed by atoms with van der Waals surface area (Å²) >= 11 is 0. The number of likely N-dealkylation sites (tertiary alicyclic amines) is 1. The third-order valence-corrected chi connectivity index (χ3v) is 14.7. The minimum atomic E-state index is -0.144. The van der Waals surface area contributed by atoms with Crippen LogP contribution in [0.15, 0.2) is 24.4 Å². The first kappa shape index (κ1) is 62.2. The van der Waals surface area contributed by atoms with Gasteiger partial charge in [0.25, 0.3) is 0 Å². The van der Waals surface area contributed by atoms with Gasteiger partial charge in [-0.2, -0.15) is 0 Å². The largest absolute Gasteiger partial charge is 0.383 e. The lowest BCUT2D eigenvalue weighted by Crippen LogP contribution is -2.54. The second kappa shape index (κ2) is 28.9. The predicted octanol–water partition coefficient (Wildman–Crippen LogP) is 7.27. The Hall–Kier alpha value is -1.94. The lowest BCUT2D eigenvalue weighted by molar-refractivity contribution is -0.124. The van der Waals surface area contributed by atoms with E-state index in [-0.39, 0.29) is 22.9 Å². The van der Waals surface area contributed by atoms with Gasteiger partial charge in [-0.3, -0.25) is 39.1 Å². The highest BCUT2D eigenvalue weighted by molar-refractivity contribution is 5.77. The Kier molecular flexibility index (Phi) is 26.5. The lowest BCUT2D eigenvalue weighted by atomic mass is 9.93. The highest BCUT2D eigenvalue weighted by atomic mass is 16.5. The molecule has 5 fully saturated rings. The Morgan fingerprint density at radius 1 is 0.603 bits per heavy atom. The number of ether oxygens (including phenoxy) is 1. The van der Waals surface area contributed by atoms with E-state index in [0.29, 0.717) is 22.7 Å². The number of methoxy groups -OCH3 is 1. The van der Waals surface area contributed by atoms with Gasteiger partial charge in [-0.15, -0.1) is 0 Å². The summed E-state index contributed by atoms with van der Waals surface area (Å²) < 4.78 is 5.08. The number of hydrogen-bond donors (Lipinski definition) is 1. The van der Waals surface area contributed by atoms with Crippen LogP contribution in [0.4, 0.5) is 5.82 Å². The maximum Gasteiger partial charge on any atom is 0.221 e. The molecule has 0 aliphatic carbocycles. The number of likely N-dealkylation sites (N-methyl/N-ethyl adjacent to an activating group) is 1. The number of anilines is 1. The molecule has 5 aliphatic heterocycles.